The van der Waals surface area contributed by atoms with E-state index in [0.717, 1.165) is 25.9 Å². The zero-order valence-corrected chi connectivity index (χ0v) is 11.9. The first-order valence-electron chi connectivity index (χ1n) is 7.05. The number of hydrogen-bond acceptors (Lipinski definition) is 4. The third-order valence-corrected chi connectivity index (χ3v) is 5.97. The van der Waals surface area contributed by atoms with Crippen LogP contribution in [0.25, 0.3) is 0 Å². The number of piperidine rings is 1. The Hall–Kier alpha value is -0.170. The number of piperazine rings is 1. The topological polar surface area (TPSA) is 66.6 Å². The van der Waals surface area contributed by atoms with Crippen LogP contribution in [0.2, 0.25) is 0 Å². The summed E-state index contributed by atoms with van der Waals surface area (Å²) in [7, 11) is -3.06. The van der Waals surface area contributed by atoms with E-state index in [1.165, 1.54) is 12.8 Å². The Morgan fingerprint density at radius 3 is 2.72 bits per heavy atom. The first-order chi connectivity index (χ1) is 8.63. The molecule has 0 aromatic heterocycles. The summed E-state index contributed by atoms with van der Waals surface area (Å²) in [6.45, 7) is 3.99. The van der Waals surface area contributed by atoms with E-state index in [1.807, 2.05) is 0 Å². The normalized spacial score (nSPS) is 27.1. The molecule has 0 radical (unpaired) electrons. The van der Waals surface area contributed by atoms with E-state index in [4.69, 9.17) is 5.73 Å². The molecule has 2 aliphatic heterocycles. The summed E-state index contributed by atoms with van der Waals surface area (Å²) < 4.78 is 26.1. The molecule has 0 bridgehead atoms. The Kier molecular flexibility index (Phi) is 5.00. The summed E-state index contributed by atoms with van der Waals surface area (Å²) in [5.74, 6) is 0.261. The maximum Gasteiger partial charge on any atom is 0.214 e. The predicted molar refractivity (Wildman–Crippen MR) is 72.9 cm³/mol. The van der Waals surface area contributed by atoms with E-state index >= 15 is 0 Å². The predicted octanol–water partition coefficient (Wildman–Crippen LogP) is 0.225. The molecule has 2 fully saturated rings. The van der Waals surface area contributed by atoms with Gasteiger partial charge in [-0.2, -0.15) is 4.31 Å². The molecule has 2 N–H and O–H groups in total. The van der Waals surface area contributed by atoms with Gasteiger partial charge in [0.25, 0.3) is 0 Å². The average molecular weight is 275 g/mol. The molecule has 1 atom stereocenters. The number of nitrogens with zero attached hydrogens (tertiary/aromatic N) is 2. The monoisotopic (exact) mass is 275 g/mol. The Bertz CT molecular complexity index is 358. The second kappa shape index (κ2) is 6.32. The highest BCUT2D eigenvalue weighted by atomic mass is 32.2. The van der Waals surface area contributed by atoms with Crippen LogP contribution in [0.5, 0.6) is 0 Å². The molecule has 2 saturated heterocycles. The molecule has 1 unspecified atom stereocenters. The number of nitrogens with two attached hydrogens (primary N) is 1. The van der Waals surface area contributed by atoms with Crippen molar-refractivity contribution in [3.63, 3.8) is 0 Å². The summed E-state index contributed by atoms with van der Waals surface area (Å²) in [6.07, 6.45) is 5.13. The molecular formula is C12H25N3O2S. The van der Waals surface area contributed by atoms with Gasteiger partial charge in [-0.25, -0.2) is 8.42 Å². The quantitative estimate of drug-likeness (QED) is 0.729. The van der Waals surface area contributed by atoms with Crippen LogP contribution in [0.3, 0.4) is 0 Å². The number of hydrogen-bond donors (Lipinski definition) is 1. The van der Waals surface area contributed by atoms with E-state index in [9.17, 15) is 8.42 Å². The van der Waals surface area contributed by atoms with Gasteiger partial charge in [-0.1, -0.05) is 6.42 Å². The third-order valence-electron chi connectivity index (χ3n) is 4.05. The molecule has 0 saturated carbocycles. The molecule has 18 heavy (non-hydrogen) atoms. The minimum Gasteiger partial charge on any atom is -0.330 e. The second-order valence-corrected chi connectivity index (χ2v) is 7.44. The van der Waals surface area contributed by atoms with Crippen molar-refractivity contribution in [3.05, 3.63) is 0 Å². The number of fused-ring (bicyclic) bond motifs is 1. The van der Waals surface area contributed by atoms with Crippen molar-refractivity contribution in [1.82, 2.24) is 9.21 Å². The van der Waals surface area contributed by atoms with Crippen molar-refractivity contribution in [2.45, 2.75) is 38.1 Å². The van der Waals surface area contributed by atoms with Crippen LogP contribution in [-0.4, -0.2) is 62.1 Å². The maximum absolute atomic E-state index is 12.2. The molecule has 0 aromatic rings. The standard InChI is InChI=1S/C12H25N3O2S/c13-6-2-4-10-18(16,17)15-9-8-14-7-3-1-5-12(14)11-15/h12H,1-11,13H2. The smallest absolute Gasteiger partial charge is 0.214 e. The van der Waals surface area contributed by atoms with Crippen LogP contribution in [-0.2, 0) is 10.0 Å². The Morgan fingerprint density at radius 1 is 1.11 bits per heavy atom. The van der Waals surface area contributed by atoms with Crippen molar-refractivity contribution in [3.8, 4) is 0 Å². The highest BCUT2D eigenvalue weighted by molar-refractivity contribution is 7.89. The zero-order chi connectivity index (χ0) is 13.0. The lowest BCUT2D eigenvalue weighted by Crippen LogP contribution is -2.56. The van der Waals surface area contributed by atoms with Gasteiger partial charge >= 0.3 is 0 Å². The number of sulfonamides is 1. The fourth-order valence-corrected chi connectivity index (χ4v) is 4.52. The summed E-state index contributed by atoms with van der Waals surface area (Å²) in [5, 5.41) is 0. The lowest BCUT2D eigenvalue weighted by Gasteiger charge is -2.43. The minimum absolute atomic E-state index is 0.261. The van der Waals surface area contributed by atoms with Crippen molar-refractivity contribution < 1.29 is 8.42 Å². The highest BCUT2D eigenvalue weighted by Gasteiger charge is 2.33. The van der Waals surface area contributed by atoms with Crippen molar-refractivity contribution in [1.29, 1.82) is 0 Å². The van der Waals surface area contributed by atoms with Gasteiger partial charge in [0, 0.05) is 25.7 Å². The van der Waals surface area contributed by atoms with Crippen LogP contribution in [0.4, 0.5) is 0 Å². The summed E-state index contributed by atoms with van der Waals surface area (Å²) in [6, 6.07) is 0.455. The fraction of sp³-hybridized carbons (Fsp3) is 1.00. The van der Waals surface area contributed by atoms with Crippen LogP contribution >= 0.6 is 0 Å². The molecule has 0 aromatic carbocycles. The van der Waals surface area contributed by atoms with Gasteiger partial charge in [0.05, 0.1) is 5.75 Å². The zero-order valence-electron chi connectivity index (χ0n) is 11.1. The van der Waals surface area contributed by atoms with Crippen LogP contribution in [0.1, 0.15) is 32.1 Å². The Balaban J connectivity index is 1.89. The van der Waals surface area contributed by atoms with Gasteiger partial charge in [-0.3, -0.25) is 4.90 Å². The summed E-state index contributed by atoms with van der Waals surface area (Å²) in [5.41, 5.74) is 5.41. The first kappa shape index (κ1) is 14.2. The van der Waals surface area contributed by atoms with Crippen molar-refractivity contribution in [2.24, 2.45) is 5.73 Å². The van der Waals surface area contributed by atoms with E-state index < -0.39 is 10.0 Å². The first-order valence-corrected chi connectivity index (χ1v) is 8.66. The summed E-state index contributed by atoms with van der Waals surface area (Å²) >= 11 is 0. The van der Waals surface area contributed by atoms with E-state index in [-0.39, 0.29) is 5.75 Å². The lowest BCUT2D eigenvalue weighted by atomic mass is 10.0. The molecule has 2 rings (SSSR count). The Labute approximate surface area is 110 Å². The van der Waals surface area contributed by atoms with E-state index in [0.29, 0.717) is 32.1 Å². The molecule has 106 valence electrons. The fourth-order valence-electron chi connectivity index (χ4n) is 2.94. The third kappa shape index (κ3) is 3.44. The minimum atomic E-state index is -3.06. The number of rotatable bonds is 5. The van der Waals surface area contributed by atoms with Crippen LogP contribution in [0, 0.1) is 0 Å². The van der Waals surface area contributed by atoms with Gasteiger partial charge in [-0.05, 0) is 38.8 Å². The number of unbranched alkanes of at least 4 members (excludes halogenated alkanes) is 1. The van der Waals surface area contributed by atoms with E-state index in [1.54, 1.807) is 4.31 Å². The molecule has 5 nitrogen and oxygen atoms in total. The van der Waals surface area contributed by atoms with Gasteiger partial charge in [0.15, 0.2) is 0 Å². The Morgan fingerprint density at radius 2 is 1.94 bits per heavy atom. The van der Waals surface area contributed by atoms with Crippen molar-refractivity contribution >= 4 is 10.0 Å². The molecule has 0 spiro atoms. The molecule has 0 amide bonds. The molecule has 0 aliphatic carbocycles. The van der Waals surface area contributed by atoms with Gasteiger partial charge in [-0.15, -0.1) is 0 Å². The molecule has 2 heterocycles. The van der Waals surface area contributed by atoms with Gasteiger partial charge in [0.1, 0.15) is 0 Å². The highest BCUT2D eigenvalue weighted by Crippen LogP contribution is 2.22. The van der Waals surface area contributed by atoms with Crippen LogP contribution in [0.15, 0.2) is 0 Å². The van der Waals surface area contributed by atoms with Crippen LogP contribution < -0.4 is 5.73 Å². The van der Waals surface area contributed by atoms with E-state index in [2.05, 4.69) is 4.90 Å². The molecular weight excluding hydrogens is 250 g/mol. The second-order valence-electron chi connectivity index (χ2n) is 5.36. The molecule has 6 heteroatoms. The SMILES string of the molecule is NCCCCS(=O)(=O)N1CCN2CCCCC2C1. The largest absolute Gasteiger partial charge is 0.330 e. The van der Waals surface area contributed by atoms with Crippen molar-refractivity contribution in [2.75, 3.05) is 38.5 Å². The van der Waals surface area contributed by atoms with Gasteiger partial charge in [0.2, 0.25) is 10.0 Å². The summed E-state index contributed by atoms with van der Waals surface area (Å²) in [4.78, 5) is 2.45. The maximum atomic E-state index is 12.2. The van der Waals surface area contributed by atoms with Gasteiger partial charge < -0.3 is 5.73 Å². The lowest BCUT2D eigenvalue weighted by molar-refractivity contribution is 0.0852. The average Bonchev–Trinajstić information content (AvgIpc) is 2.38. The molecule has 2 aliphatic rings.